The van der Waals surface area contributed by atoms with E-state index >= 15 is 0 Å². The molecular weight excluding hydrogens is 260 g/mol. The SMILES string of the molecule is CCCNC(c1ccccc1)C(C)N1CCCC(OC)C1. The number of ether oxygens (including phenoxy) is 1. The molecule has 1 heterocycles. The first-order valence-electron chi connectivity index (χ1n) is 8.31. The standard InChI is InChI=1S/C18H30N2O/c1-4-12-19-18(16-9-6-5-7-10-16)15(2)20-13-8-11-17(14-20)21-3/h5-7,9-10,15,17-19H,4,8,11-14H2,1-3H3. The third kappa shape index (κ3) is 4.53. The smallest absolute Gasteiger partial charge is 0.0698 e. The number of methoxy groups -OCH3 is 1. The molecule has 21 heavy (non-hydrogen) atoms. The number of likely N-dealkylation sites (tertiary alicyclic amines) is 1. The van der Waals surface area contributed by atoms with Crippen LogP contribution >= 0.6 is 0 Å². The fraction of sp³-hybridized carbons (Fsp3) is 0.667. The summed E-state index contributed by atoms with van der Waals surface area (Å²) in [6, 6.07) is 11.7. The van der Waals surface area contributed by atoms with E-state index in [0.717, 1.165) is 19.5 Å². The Hall–Kier alpha value is -0.900. The molecule has 1 aliphatic heterocycles. The Morgan fingerprint density at radius 1 is 1.33 bits per heavy atom. The Kier molecular flexibility index (Phi) is 6.68. The van der Waals surface area contributed by atoms with Crippen LogP contribution in [0.3, 0.4) is 0 Å². The molecule has 3 nitrogen and oxygen atoms in total. The van der Waals surface area contributed by atoms with Crippen molar-refractivity contribution in [3.63, 3.8) is 0 Å². The van der Waals surface area contributed by atoms with Crippen LogP contribution in [0, 0.1) is 0 Å². The van der Waals surface area contributed by atoms with E-state index in [1.54, 1.807) is 0 Å². The van der Waals surface area contributed by atoms with E-state index < -0.39 is 0 Å². The van der Waals surface area contributed by atoms with E-state index in [1.165, 1.54) is 24.9 Å². The number of rotatable bonds is 7. The molecule has 3 unspecified atom stereocenters. The van der Waals surface area contributed by atoms with Crippen molar-refractivity contribution < 1.29 is 4.74 Å². The Bertz CT molecular complexity index is 395. The summed E-state index contributed by atoms with van der Waals surface area (Å²) in [6.07, 6.45) is 3.98. The van der Waals surface area contributed by atoms with Crippen LogP contribution in [0.4, 0.5) is 0 Å². The van der Waals surface area contributed by atoms with Gasteiger partial charge in [0, 0.05) is 25.7 Å². The van der Waals surface area contributed by atoms with E-state index in [4.69, 9.17) is 4.74 Å². The molecule has 0 amide bonds. The topological polar surface area (TPSA) is 24.5 Å². The average molecular weight is 290 g/mol. The first-order valence-corrected chi connectivity index (χ1v) is 8.31. The van der Waals surface area contributed by atoms with Gasteiger partial charge in [0.1, 0.15) is 0 Å². The van der Waals surface area contributed by atoms with E-state index in [9.17, 15) is 0 Å². The van der Waals surface area contributed by atoms with Crippen molar-refractivity contribution in [1.82, 2.24) is 10.2 Å². The van der Waals surface area contributed by atoms with Crippen molar-refractivity contribution in [3.05, 3.63) is 35.9 Å². The molecule has 2 rings (SSSR count). The maximum absolute atomic E-state index is 5.58. The van der Waals surface area contributed by atoms with Crippen LogP contribution in [0.1, 0.15) is 44.7 Å². The lowest BCUT2D eigenvalue weighted by Crippen LogP contribution is -2.49. The lowest BCUT2D eigenvalue weighted by Gasteiger charge is -2.40. The Balaban J connectivity index is 2.08. The number of hydrogen-bond acceptors (Lipinski definition) is 3. The quantitative estimate of drug-likeness (QED) is 0.834. The first kappa shape index (κ1) is 16.5. The van der Waals surface area contributed by atoms with Crippen LogP contribution in [0.15, 0.2) is 30.3 Å². The third-order valence-corrected chi connectivity index (χ3v) is 4.57. The summed E-state index contributed by atoms with van der Waals surface area (Å²) in [7, 11) is 1.84. The molecule has 0 spiro atoms. The summed E-state index contributed by atoms with van der Waals surface area (Å²) in [5, 5.41) is 3.73. The van der Waals surface area contributed by atoms with Gasteiger partial charge < -0.3 is 10.1 Å². The summed E-state index contributed by atoms with van der Waals surface area (Å²) in [5.41, 5.74) is 1.39. The summed E-state index contributed by atoms with van der Waals surface area (Å²) in [5.74, 6) is 0. The molecule has 0 bridgehead atoms. The molecule has 3 atom stereocenters. The first-order chi connectivity index (χ1) is 10.3. The largest absolute Gasteiger partial charge is 0.380 e. The van der Waals surface area contributed by atoms with Gasteiger partial charge in [-0.05, 0) is 44.8 Å². The number of benzene rings is 1. The maximum Gasteiger partial charge on any atom is 0.0698 e. The number of nitrogens with zero attached hydrogens (tertiary/aromatic N) is 1. The van der Waals surface area contributed by atoms with Gasteiger partial charge in [-0.15, -0.1) is 0 Å². The van der Waals surface area contributed by atoms with Gasteiger partial charge in [-0.2, -0.15) is 0 Å². The lowest BCUT2D eigenvalue weighted by atomic mass is 9.96. The van der Waals surface area contributed by atoms with Gasteiger partial charge in [-0.25, -0.2) is 0 Å². The Morgan fingerprint density at radius 3 is 2.76 bits per heavy atom. The predicted octanol–water partition coefficient (Wildman–Crippen LogP) is 3.23. The van der Waals surface area contributed by atoms with Gasteiger partial charge in [-0.3, -0.25) is 4.90 Å². The van der Waals surface area contributed by atoms with Gasteiger partial charge >= 0.3 is 0 Å². The van der Waals surface area contributed by atoms with Crippen molar-refractivity contribution in [2.45, 2.75) is 51.3 Å². The molecule has 1 saturated heterocycles. The molecular formula is C18H30N2O. The minimum Gasteiger partial charge on any atom is -0.380 e. The summed E-state index contributed by atoms with van der Waals surface area (Å²) >= 11 is 0. The Morgan fingerprint density at radius 2 is 2.10 bits per heavy atom. The van der Waals surface area contributed by atoms with E-state index in [1.807, 2.05) is 7.11 Å². The zero-order valence-corrected chi connectivity index (χ0v) is 13.7. The second kappa shape index (κ2) is 8.52. The second-order valence-corrected chi connectivity index (χ2v) is 6.08. The third-order valence-electron chi connectivity index (χ3n) is 4.57. The predicted molar refractivity (Wildman–Crippen MR) is 88.5 cm³/mol. The Labute approximate surface area is 129 Å². The maximum atomic E-state index is 5.58. The molecule has 3 heteroatoms. The van der Waals surface area contributed by atoms with Gasteiger partial charge in [0.15, 0.2) is 0 Å². The molecule has 1 N–H and O–H groups in total. The molecule has 1 fully saturated rings. The van der Waals surface area contributed by atoms with E-state index in [0.29, 0.717) is 18.2 Å². The van der Waals surface area contributed by atoms with Crippen LogP contribution in [0.25, 0.3) is 0 Å². The zero-order chi connectivity index (χ0) is 15.1. The highest BCUT2D eigenvalue weighted by molar-refractivity contribution is 5.20. The van der Waals surface area contributed by atoms with Gasteiger partial charge in [0.05, 0.1) is 6.10 Å². The molecule has 1 aliphatic rings. The highest BCUT2D eigenvalue weighted by Crippen LogP contribution is 2.24. The van der Waals surface area contributed by atoms with E-state index in [2.05, 4.69) is 54.4 Å². The van der Waals surface area contributed by atoms with Gasteiger partial charge in [-0.1, -0.05) is 37.3 Å². The van der Waals surface area contributed by atoms with Crippen LogP contribution in [-0.2, 0) is 4.74 Å². The van der Waals surface area contributed by atoms with Crippen LogP contribution in [0.5, 0.6) is 0 Å². The van der Waals surface area contributed by atoms with Crippen LogP contribution in [-0.4, -0.2) is 43.8 Å². The number of piperidine rings is 1. The fourth-order valence-electron chi connectivity index (χ4n) is 3.27. The molecule has 0 saturated carbocycles. The lowest BCUT2D eigenvalue weighted by molar-refractivity contribution is 0.0106. The summed E-state index contributed by atoms with van der Waals surface area (Å²) < 4.78 is 5.58. The summed E-state index contributed by atoms with van der Waals surface area (Å²) in [4.78, 5) is 2.58. The molecule has 0 radical (unpaired) electrons. The van der Waals surface area contributed by atoms with Crippen molar-refractivity contribution in [2.24, 2.45) is 0 Å². The number of hydrogen-bond donors (Lipinski definition) is 1. The van der Waals surface area contributed by atoms with Crippen molar-refractivity contribution >= 4 is 0 Å². The molecule has 1 aromatic carbocycles. The van der Waals surface area contributed by atoms with E-state index in [-0.39, 0.29) is 0 Å². The molecule has 118 valence electrons. The van der Waals surface area contributed by atoms with Crippen molar-refractivity contribution in [1.29, 1.82) is 0 Å². The molecule has 0 aliphatic carbocycles. The monoisotopic (exact) mass is 290 g/mol. The second-order valence-electron chi connectivity index (χ2n) is 6.08. The zero-order valence-electron chi connectivity index (χ0n) is 13.7. The number of nitrogens with one attached hydrogen (secondary N) is 1. The van der Waals surface area contributed by atoms with Crippen LogP contribution in [0.2, 0.25) is 0 Å². The molecule has 1 aromatic rings. The van der Waals surface area contributed by atoms with Crippen molar-refractivity contribution in [3.8, 4) is 0 Å². The minimum atomic E-state index is 0.391. The van der Waals surface area contributed by atoms with Crippen molar-refractivity contribution in [2.75, 3.05) is 26.7 Å². The minimum absolute atomic E-state index is 0.391. The van der Waals surface area contributed by atoms with Gasteiger partial charge in [0.2, 0.25) is 0 Å². The fourth-order valence-corrected chi connectivity index (χ4v) is 3.27. The normalized spacial score (nSPS) is 22.9. The summed E-state index contributed by atoms with van der Waals surface area (Å²) in [6.45, 7) is 7.86. The van der Waals surface area contributed by atoms with Crippen LogP contribution < -0.4 is 5.32 Å². The average Bonchev–Trinajstić information content (AvgIpc) is 2.56. The molecule has 0 aromatic heterocycles. The highest BCUT2D eigenvalue weighted by Gasteiger charge is 2.28. The highest BCUT2D eigenvalue weighted by atomic mass is 16.5. The van der Waals surface area contributed by atoms with Gasteiger partial charge in [0.25, 0.3) is 0 Å².